The number of aromatic hydroxyl groups is 1. The van der Waals surface area contributed by atoms with Crippen LogP contribution in [0.4, 0.5) is 5.69 Å². The number of hydrogen-bond acceptors (Lipinski definition) is 4. The molecule has 2 N–H and O–H groups in total. The molecule has 2 rings (SSSR count). The molecule has 0 radical (unpaired) electrons. The molecule has 1 aromatic rings. The number of anilines is 1. The average Bonchev–Trinajstić information content (AvgIpc) is 2.56. The lowest BCUT2D eigenvalue weighted by Crippen LogP contribution is -2.51. The number of amides is 2. The van der Waals surface area contributed by atoms with Crippen molar-refractivity contribution in [3.8, 4) is 5.75 Å². The first-order valence-corrected chi connectivity index (χ1v) is 8.49. The summed E-state index contributed by atoms with van der Waals surface area (Å²) in [6.45, 7) is 5.48. The summed E-state index contributed by atoms with van der Waals surface area (Å²) in [5.74, 6) is -0.161. The lowest BCUT2D eigenvalue weighted by atomic mass is 10.2. The fraction of sp³-hybridized carbons (Fsp3) is 0.333. The quantitative estimate of drug-likeness (QED) is 0.419. The molecule has 1 aliphatic heterocycles. The number of phenols is 1. The van der Waals surface area contributed by atoms with Gasteiger partial charge in [-0.1, -0.05) is 18.2 Å². The Morgan fingerprint density at radius 3 is 2.52 bits per heavy atom. The van der Waals surface area contributed by atoms with Crippen LogP contribution >= 0.6 is 34.2 Å². The third-order valence-electron chi connectivity index (χ3n) is 3.59. The molecule has 124 valence electrons. The average molecular weight is 450 g/mol. The predicted octanol–water partition coefficient (Wildman–Crippen LogP) is 1.92. The topological polar surface area (TPSA) is 72.9 Å². The molecule has 1 heterocycles. The van der Waals surface area contributed by atoms with Gasteiger partial charge < -0.3 is 20.2 Å². The summed E-state index contributed by atoms with van der Waals surface area (Å²) in [6, 6.07) is 3.13. The SMILES string of the molecule is C=CC(=O)N1CCN(C(=O)CNc2cc(Cl)c(I)cc2O)CC1. The second kappa shape index (κ2) is 7.87. The second-order valence-corrected chi connectivity index (χ2v) is 6.62. The Kier molecular flexibility index (Phi) is 6.11. The van der Waals surface area contributed by atoms with Crippen molar-refractivity contribution in [2.75, 3.05) is 38.0 Å². The molecule has 23 heavy (non-hydrogen) atoms. The van der Waals surface area contributed by atoms with Gasteiger partial charge in [0.2, 0.25) is 11.8 Å². The van der Waals surface area contributed by atoms with Crippen molar-refractivity contribution in [2.24, 2.45) is 0 Å². The highest BCUT2D eigenvalue weighted by molar-refractivity contribution is 14.1. The minimum atomic E-state index is -0.117. The van der Waals surface area contributed by atoms with Crippen molar-refractivity contribution in [2.45, 2.75) is 0 Å². The predicted molar refractivity (Wildman–Crippen MR) is 97.7 cm³/mol. The van der Waals surface area contributed by atoms with Crippen molar-refractivity contribution in [3.63, 3.8) is 0 Å². The first kappa shape index (κ1) is 17.9. The van der Waals surface area contributed by atoms with Crippen LogP contribution in [0.3, 0.4) is 0 Å². The van der Waals surface area contributed by atoms with Gasteiger partial charge in [0.25, 0.3) is 0 Å². The zero-order chi connectivity index (χ0) is 17.0. The van der Waals surface area contributed by atoms with Gasteiger partial charge in [-0.3, -0.25) is 9.59 Å². The van der Waals surface area contributed by atoms with E-state index in [2.05, 4.69) is 11.9 Å². The van der Waals surface area contributed by atoms with Crippen LogP contribution in [-0.2, 0) is 9.59 Å². The van der Waals surface area contributed by atoms with Gasteiger partial charge in [-0.25, -0.2) is 0 Å². The molecule has 8 heteroatoms. The van der Waals surface area contributed by atoms with Crippen molar-refractivity contribution in [3.05, 3.63) is 33.4 Å². The van der Waals surface area contributed by atoms with Gasteiger partial charge in [-0.15, -0.1) is 0 Å². The highest BCUT2D eigenvalue weighted by Gasteiger charge is 2.22. The van der Waals surface area contributed by atoms with Crippen LogP contribution < -0.4 is 5.32 Å². The van der Waals surface area contributed by atoms with E-state index >= 15 is 0 Å². The standard InChI is InChI=1S/C15H17ClIN3O3/c1-2-14(22)19-3-5-20(6-4-19)15(23)9-18-12-7-10(16)11(17)8-13(12)21/h2,7-8,18,21H,1,3-6,9H2. The molecule has 0 bridgehead atoms. The molecule has 1 fully saturated rings. The van der Waals surface area contributed by atoms with Crippen LogP contribution in [0.5, 0.6) is 5.75 Å². The van der Waals surface area contributed by atoms with Crippen LogP contribution in [0, 0.1) is 3.57 Å². The number of nitrogens with one attached hydrogen (secondary N) is 1. The Labute approximate surface area is 153 Å². The summed E-state index contributed by atoms with van der Waals surface area (Å²) in [5.41, 5.74) is 0.421. The molecular formula is C15H17ClIN3O3. The van der Waals surface area contributed by atoms with E-state index in [4.69, 9.17) is 11.6 Å². The molecule has 0 aromatic heterocycles. The van der Waals surface area contributed by atoms with Gasteiger partial charge in [-0.2, -0.15) is 0 Å². The Morgan fingerprint density at radius 2 is 1.91 bits per heavy atom. The van der Waals surface area contributed by atoms with Crippen LogP contribution in [0.2, 0.25) is 5.02 Å². The largest absolute Gasteiger partial charge is 0.506 e. The van der Waals surface area contributed by atoms with E-state index < -0.39 is 0 Å². The maximum absolute atomic E-state index is 12.2. The maximum Gasteiger partial charge on any atom is 0.246 e. The number of phenolic OH excluding ortho intramolecular Hbond substituents is 1. The van der Waals surface area contributed by atoms with Crippen LogP contribution in [0.25, 0.3) is 0 Å². The Hall–Kier alpha value is -1.48. The normalized spacial score (nSPS) is 14.5. The van der Waals surface area contributed by atoms with Gasteiger partial charge in [0, 0.05) is 29.7 Å². The molecule has 0 spiro atoms. The summed E-state index contributed by atoms with van der Waals surface area (Å²) in [6.07, 6.45) is 1.28. The number of halogens is 2. The van der Waals surface area contributed by atoms with Crippen LogP contribution in [-0.4, -0.2) is 59.4 Å². The van der Waals surface area contributed by atoms with Gasteiger partial charge in [0.15, 0.2) is 0 Å². The lowest BCUT2D eigenvalue weighted by Gasteiger charge is -2.34. The Bertz CT molecular complexity index is 631. The minimum absolute atomic E-state index is 0.0491. The van der Waals surface area contributed by atoms with Gasteiger partial charge in [0.05, 0.1) is 17.3 Å². The van der Waals surface area contributed by atoms with E-state index in [1.165, 1.54) is 12.1 Å². The van der Waals surface area contributed by atoms with Crippen molar-refractivity contribution >= 4 is 51.7 Å². The molecular weight excluding hydrogens is 433 g/mol. The smallest absolute Gasteiger partial charge is 0.246 e. The highest BCUT2D eigenvalue weighted by atomic mass is 127. The fourth-order valence-electron chi connectivity index (χ4n) is 2.27. The summed E-state index contributed by atoms with van der Waals surface area (Å²) >= 11 is 8.03. The van der Waals surface area contributed by atoms with Crippen molar-refractivity contribution in [1.29, 1.82) is 0 Å². The van der Waals surface area contributed by atoms with Gasteiger partial charge in [-0.05, 0) is 40.8 Å². The van der Waals surface area contributed by atoms with E-state index in [1.807, 2.05) is 22.6 Å². The molecule has 0 unspecified atom stereocenters. The van der Waals surface area contributed by atoms with E-state index in [0.717, 1.165) is 3.57 Å². The van der Waals surface area contributed by atoms with Gasteiger partial charge in [0.1, 0.15) is 5.75 Å². The molecule has 0 aliphatic carbocycles. The lowest BCUT2D eigenvalue weighted by molar-refractivity contribution is -0.135. The van der Waals surface area contributed by atoms with E-state index in [1.54, 1.807) is 15.9 Å². The summed E-state index contributed by atoms with van der Waals surface area (Å²) in [5, 5.41) is 13.3. The monoisotopic (exact) mass is 449 g/mol. The number of rotatable bonds is 4. The van der Waals surface area contributed by atoms with Crippen molar-refractivity contribution < 1.29 is 14.7 Å². The first-order chi connectivity index (χ1) is 10.9. The minimum Gasteiger partial charge on any atom is -0.506 e. The molecule has 1 aliphatic rings. The highest BCUT2D eigenvalue weighted by Crippen LogP contribution is 2.31. The van der Waals surface area contributed by atoms with E-state index in [-0.39, 0.29) is 24.1 Å². The summed E-state index contributed by atoms with van der Waals surface area (Å²) in [4.78, 5) is 27.1. The molecule has 2 amide bonds. The van der Waals surface area contributed by atoms with Crippen LogP contribution in [0.15, 0.2) is 24.8 Å². The summed E-state index contributed by atoms with van der Waals surface area (Å²) < 4.78 is 0.738. The zero-order valence-corrected chi connectivity index (χ0v) is 15.3. The van der Waals surface area contributed by atoms with Gasteiger partial charge >= 0.3 is 0 Å². The molecule has 1 saturated heterocycles. The zero-order valence-electron chi connectivity index (χ0n) is 12.4. The third kappa shape index (κ3) is 4.51. The second-order valence-electron chi connectivity index (χ2n) is 5.05. The fourth-order valence-corrected chi connectivity index (χ4v) is 2.88. The molecule has 0 atom stereocenters. The number of carbonyl (C=O) groups is 2. The van der Waals surface area contributed by atoms with E-state index in [9.17, 15) is 14.7 Å². The number of nitrogens with zero attached hydrogens (tertiary/aromatic N) is 2. The summed E-state index contributed by atoms with van der Waals surface area (Å²) in [7, 11) is 0. The van der Waals surface area contributed by atoms with Crippen molar-refractivity contribution in [1.82, 2.24) is 9.80 Å². The Morgan fingerprint density at radius 1 is 1.30 bits per heavy atom. The number of benzene rings is 1. The molecule has 0 saturated carbocycles. The first-order valence-electron chi connectivity index (χ1n) is 7.03. The number of carbonyl (C=O) groups excluding carboxylic acids is 2. The molecule has 6 nitrogen and oxygen atoms in total. The third-order valence-corrected chi connectivity index (χ3v) is 5.11. The Balaban J connectivity index is 1.88. The number of hydrogen-bond donors (Lipinski definition) is 2. The maximum atomic E-state index is 12.2. The molecule has 1 aromatic carbocycles. The number of piperazine rings is 1. The van der Waals surface area contributed by atoms with Crippen LogP contribution in [0.1, 0.15) is 0 Å². The van der Waals surface area contributed by atoms with E-state index in [0.29, 0.717) is 36.9 Å².